The Labute approximate surface area is 122 Å². The molecule has 0 unspecified atom stereocenters. The van der Waals surface area contributed by atoms with Crippen LogP contribution in [0.1, 0.15) is 15.9 Å². The first-order chi connectivity index (χ1) is 9.88. The van der Waals surface area contributed by atoms with Gasteiger partial charge < -0.3 is 9.84 Å². The van der Waals surface area contributed by atoms with Crippen LogP contribution in [0.5, 0.6) is 5.75 Å². The molecule has 0 bridgehead atoms. The van der Waals surface area contributed by atoms with Gasteiger partial charge in [-0.05, 0) is 24.3 Å². The third-order valence-corrected chi connectivity index (χ3v) is 3.99. The third-order valence-electron chi connectivity index (χ3n) is 2.88. The Morgan fingerprint density at radius 2 is 1.86 bits per heavy atom. The molecule has 0 aromatic heterocycles. The van der Waals surface area contributed by atoms with E-state index in [1.165, 1.54) is 18.2 Å². The van der Waals surface area contributed by atoms with Crippen molar-refractivity contribution in [2.75, 3.05) is 6.26 Å². The fourth-order valence-electron chi connectivity index (χ4n) is 1.81. The van der Waals surface area contributed by atoms with E-state index in [0.717, 1.165) is 6.26 Å². The molecule has 0 atom stereocenters. The Morgan fingerprint density at radius 1 is 1.14 bits per heavy atom. The van der Waals surface area contributed by atoms with Crippen molar-refractivity contribution in [3.8, 4) is 5.75 Å². The fraction of sp³-hybridized carbons (Fsp3) is 0.133. The van der Waals surface area contributed by atoms with E-state index in [-0.39, 0.29) is 17.1 Å². The number of hydrogen-bond donors (Lipinski definition) is 1. The van der Waals surface area contributed by atoms with E-state index in [4.69, 9.17) is 9.84 Å². The maximum absolute atomic E-state index is 11.5. The molecule has 1 N–H and O–H groups in total. The number of benzene rings is 2. The lowest BCUT2D eigenvalue weighted by atomic mass is 10.1. The maximum atomic E-state index is 11.5. The SMILES string of the molecule is CS(=O)(=O)c1cccc(OCc2ccccc2C(=O)O)c1. The predicted molar refractivity (Wildman–Crippen MR) is 77.3 cm³/mol. The van der Waals surface area contributed by atoms with Crippen LogP contribution in [0.3, 0.4) is 0 Å². The zero-order valence-electron chi connectivity index (χ0n) is 11.3. The van der Waals surface area contributed by atoms with Crippen molar-refractivity contribution in [3.63, 3.8) is 0 Å². The Morgan fingerprint density at radius 3 is 2.52 bits per heavy atom. The van der Waals surface area contributed by atoms with Gasteiger partial charge >= 0.3 is 5.97 Å². The van der Waals surface area contributed by atoms with Gasteiger partial charge in [0.25, 0.3) is 0 Å². The molecule has 2 rings (SSSR count). The van der Waals surface area contributed by atoms with Gasteiger partial charge in [0.05, 0.1) is 10.5 Å². The van der Waals surface area contributed by atoms with Crippen LogP contribution in [0.15, 0.2) is 53.4 Å². The summed E-state index contributed by atoms with van der Waals surface area (Å²) in [7, 11) is -3.30. The summed E-state index contributed by atoms with van der Waals surface area (Å²) in [6, 6.07) is 12.6. The molecule has 0 spiro atoms. The number of carboxylic acids is 1. The second kappa shape index (κ2) is 5.97. The van der Waals surface area contributed by atoms with Crippen LogP contribution in [-0.4, -0.2) is 25.7 Å². The Bertz CT molecular complexity index is 765. The Hall–Kier alpha value is -2.34. The van der Waals surface area contributed by atoms with E-state index in [1.54, 1.807) is 30.3 Å². The van der Waals surface area contributed by atoms with E-state index in [9.17, 15) is 13.2 Å². The van der Waals surface area contributed by atoms with E-state index in [2.05, 4.69) is 0 Å². The topological polar surface area (TPSA) is 80.7 Å². The summed E-state index contributed by atoms with van der Waals surface area (Å²) in [5, 5.41) is 9.08. The second-order valence-corrected chi connectivity index (χ2v) is 6.51. The minimum atomic E-state index is -3.30. The summed E-state index contributed by atoms with van der Waals surface area (Å²) in [5.74, 6) is -0.655. The molecule has 0 saturated carbocycles. The third kappa shape index (κ3) is 3.82. The highest BCUT2D eigenvalue weighted by atomic mass is 32.2. The first kappa shape index (κ1) is 15.1. The lowest BCUT2D eigenvalue weighted by molar-refractivity contribution is 0.0694. The summed E-state index contributed by atoms with van der Waals surface area (Å²) in [6.07, 6.45) is 1.12. The van der Waals surface area contributed by atoms with Crippen LogP contribution in [0.2, 0.25) is 0 Å². The van der Waals surface area contributed by atoms with Crippen LogP contribution in [0, 0.1) is 0 Å². The van der Waals surface area contributed by atoms with Crippen LogP contribution in [-0.2, 0) is 16.4 Å². The summed E-state index contributed by atoms with van der Waals surface area (Å²) in [6.45, 7) is 0.0513. The summed E-state index contributed by atoms with van der Waals surface area (Å²) >= 11 is 0. The molecule has 2 aromatic rings. The maximum Gasteiger partial charge on any atom is 0.336 e. The van der Waals surface area contributed by atoms with Gasteiger partial charge in [0, 0.05) is 11.8 Å². The van der Waals surface area contributed by atoms with Crippen molar-refractivity contribution in [2.24, 2.45) is 0 Å². The number of rotatable bonds is 5. The van der Waals surface area contributed by atoms with E-state index < -0.39 is 15.8 Å². The average Bonchev–Trinajstić information content (AvgIpc) is 2.45. The molecule has 5 nitrogen and oxygen atoms in total. The molecule has 6 heteroatoms. The number of sulfone groups is 1. The standard InChI is InChI=1S/C15H14O5S/c1-21(18,19)13-7-4-6-12(9-13)20-10-11-5-2-3-8-14(11)15(16)17/h2-9H,10H2,1H3,(H,16,17). The lowest BCUT2D eigenvalue weighted by Crippen LogP contribution is -2.05. The minimum Gasteiger partial charge on any atom is -0.489 e. The highest BCUT2D eigenvalue weighted by molar-refractivity contribution is 7.90. The van der Waals surface area contributed by atoms with Gasteiger partial charge in [-0.3, -0.25) is 0 Å². The molecular weight excluding hydrogens is 292 g/mol. The first-order valence-corrected chi connectivity index (χ1v) is 8.01. The van der Waals surface area contributed by atoms with Crippen molar-refractivity contribution >= 4 is 15.8 Å². The van der Waals surface area contributed by atoms with Gasteiger partial charge in [-0.15, -0.1) is 0 Å². The van der Waals surface area contributed by atoms with Gasteiger partial charge in [0.15, 0.2) is 9.84 Å². The highest BCUT2D eigenvalue weighted by Crippen LogP contribution is 2.19. The molecular formula is C15H14O5S. The second-order valence-electron chi connectivity index (χ2n) is 4.50. The molecule has 0 aliphatic rings. The van der Waals surface area contributed by atoms with Crippen LogP contribution >= 0.6 is 0 Å². The monoisotopic (exact) mass is 306 g/mol. The Balaban J connectivity index is 2.20. The smallest absolute Gasteiger partial charge is 0.336 e. The van der Waals surface area contributed by atoms with Crippen molar-refractivity contribution in [1.29, 1.82) is 0 Å². The molecule has 0 aliphatic carbocycles. The Kier molecular flexibility index (Phi) is 4.28. The molecule has 110 valence electrons. The number of ether oxygens (including phenoxy) is 1. The summed E-state index contributed by atoms with van der Waals surface area (Å²) in [5.41, 5.74) is 0.687. The van der Waals surface area contributed by atoms with Crippen LogP contribution in [0.4, 0.5) is 0 Å². The number of aromatic carboxylic acids is 1. The van der Waals surface area contributed by atoms with E-state index >= 15 is 0 Å². The average molecular weight is 306 g/mol. The quantitative estimate of drug-likeness (QED) is 0.917. The van der Waals surface area contributed by atoms with Crippen molar-refractivity contribution < 1.29 is 23.1 Å². The van der Waals surface area contributed by atoms with E-state index in [1.807, 2.05) is 0 Å². The van der Waals surface area contributed by atoms with Crippen molar-refractivity contribution in [3.05, 3.63) is 59.7 Å². The number of hydrogen-bond acceptors (Lipinski definition) is 4. The molecule has 0 heterocycles. The highest BCUT2D eigenvalue weighted by Gasteiger charge is 2.11. The van der Waals surface area contributed by atoms with Gasteiger partial charge in [0.1, 0.15) is 12.4 Å². The predicted octanol–water partition coefficient (Wildman–Crippen LogP) is 2.37. The van der Waals surface area contributed by atoms with E-state index in [0.29, 0.717) is 11.3 Å². The molecule has 0 amide bonds. The van der Waals surface area contributed by atoms with Gasteiger partial charge in [0.2, 0.25) is 0 Å². The molecule has 2 aromatic carbocycles. The molecule has 0 aliphatic heterocycles. The molecule has 21 heavy (non-hydrogen) atoms. The largest absolute Gasteiger partial charge is 0.489 e. The van der Waals surface area contributed by atoms with Crippen molar-refractivity contribution in [1.82, 2.24) is 0 Å². The molecule has 0 radical (unpaired) electrons. The fourth-order valence-corrected chi connectivity index (χ4v) is 2.47. The van der Waals surface area contributed by atoms with Crippen molar-refractivity contribution in [2.45, 2.75) is 11.5 Å². The first-order valence-electron chi connectivity index (χ1n) is 6.12. The lowest BCUT2D eigenvalue weighted by Gasteiger charge is -2.09. The molecule has 0 saturated heterocycles. The van der Waals surface area contributed by atoms with Gasteiger partial charge in [-0.25, -0.2) is 13.2 Å². The zero-order chi connectivity index (χ0) is 15.5. The summed E-state index contributed by atoms with van der Waals surface area (Å²) < 4.78 is 28.4. The van der Waals surface area contributed by atoms with Gasteiger partial charge in [-0.1, -0.05) is 24.3 Å². The molecule has 0 fully saturated rings. The zero-order valence-corrected chi connectivity index (χ0v) is 12.1. The van der Waals surface area contributed by atoms with Crippen LogP contribution in [0.25, 0.3) is 0 Å². The van der Waals surface area contributed by atoms with Gasteiger partial charge in [-0.2, -0.15) is 0 Å². The number of carboxylic acid groups (broad SMARTS) is 1. The van der Waals surface area contributed by atoms with Crippen LogP contribution < -0.4 is 4.74 Å². The minimum absolute atomic E-state index is 0.0513. The summed E-state index contributed by atoms with van der Waals surface area (Å²) in [4.78, 5) is 11.2. The normalized spacial score (nSPS) is 11.1. The number of carbonyl (C=O) groups is 1.